The Morgan fingerprint density at radius 3 is 2.76 bits per heavy atom. The number of para-hydroxylation sites is 1. The van der Waals surface area contributed by atoms with Crippen LogP contribution in [0.3, 0.4) is 0 Å². The molecule has 3 aromatic heterocycles. The number of carbonyl (C=O) groups is 2. The van der Waals surface area contributed by atoms with Crippen LogP contribution in [0.4, 0.5) is 0 Å². The number of nitrogens with one attached hydrogen (secondary N) is 2. The number of carboxylic acids is 1. The number of aromatic amines is 1. The lowest BCUT2D eigenvalue weighted by atomic mass is 10.1. The Hall–Kier alpha value is -3.53. The van der Waals surface area contributed by atoms with Gasteiger partial charge in [-0.2, -0.15) is 0 Å². The van der Waals surface area contributed by atoms with Gasteiger partial charge >= 0.3 is 5.97 Å². The van der Waals surface area contributed by atoms with Crippen molar-refractivity contribution in [2.24, 2.45) is 0 Å². The summed E-state index contributed by atoms with van der Waals surface area (Å²) in [6.07, 6.45) is 3.57. The van der Waals surface area contributed by atoms with E-state index in [4.69, 9.17) is 4.42 Å². The molecule has 10 heteroatoms. The van der Waals surface area contributed by atoms with Crippen LogP contribution in [0.25, 0.3) is 10.9 Å². The van der Waals surface area contributed by atoms with Crippen LogP contribution in [0, 0.1) is 0 Å². The fourth-order valence-electron chi connectivity index (χ4n) is 3.63. The molecule has 0 radical (unpaired) electrons. The molecule has 1 aromatic carbocycles. The van der Waals surface area contributed by atoms with E-state index < -0.39 is 12.0 Å². The number of hydrogen-bond donors (Lipinski definition) is 3. The van der Waals surface area contributed by atoms with Crippen LogP contribution in [-0.2, 0) is 22.6 Å². The third kappa shape index (κ3) is 5.28. The third-order valence-corrected chi connectivity index (χ3v) is 6.19. The number of aromatic nitrogens is 4. The quantitative estimate of drug-likeness (QED) is 0.305. The van der Waals surface area contributed by atoms with Gasteiger partial charge in [-0.05, 0) is 23.8 Å². The Morgan fingerprint density at radius 1 is 1.21 bits per heavy atom. The summed E-state index contributed by atoms with van der Waals surface area (Å²) in [5, 5.41) is 22.3. The number of hydrogen-bond acceptors (Lipinski definition) is 6. The van der Waals surface area contributed by atoms with Crippen molar-refractivity contribution in [3.05, 3.63) is 66.0 Å². The van der Waals surface area contributed by atoms with Crippen molar-refractivity contribution >= 4 is 34.5 Å². The number of thioether (sulfide) groups is 1. The van der Waals surface area contributed by atoms with Crippen LogP contribution in [-0.4, -0.2) is 48.5 Å². The molecule has 1 amide bonds. The van der Waals surface area contributed by atoms with Crippen LogP contribution >= 0.6 is 11.8 Å². The summed E-state index contributed by atoms with van der Waals surface area (Å²) in [5.41, 5.74) is 1.76. The summed E-state index contributed by atoms with van der Waals surface area (Å²) < 4.78 is 7.37. The van der Waals surface area contributed by atoms with Crippen LogP contribution in [0.2, 0.25) is 0 Å². The fourth-order valence-corrected chi connectivity index (χ4v) is 4.38. The SMILES string of the molecule is CC(C)c1nnc(SCC(=O)N[C@@H](Cc2c[nH]c3ccccc23)C(=O)O)n1Cc1ccco1. The summed E-state index contributed by atoms with van der Waals surface area (Å²) in [4.78, 5) is 27.6. The highest BCUT2D eigenvalue weighted by atomic mass is 32.2. The lowest BCUT2D eigenvalue weighted by Crippen LogP contribution is -2.43. The highest BCUT2D eigenvalue weighted by Crippen LogP contribution is 2.23. The average molecular weight is 468 g/mol. The summed E-state index contributed by atoms with van der Waals surface area (Å²) in [5.74, 6) is 0.243. The largest absolute Gasteiger partial charge is 0.480 e. The predicted molar refractivity (Wildman–Crippen MR) is 124 cm³/mol. The van der Waals surface area contributed by atoms with Gasteiger partial charge < -0.3 is 19.8 Å². The molecule has 172 valence electrons. The smallest absolute Gasteiger partial charge is 0.326 e. The van der Waals surface area contributed by atoms with Crippen LogP contribution < -0.4 is 5.32 Å². The number of H-pyrrole nitrogens is 1. The van der Waals surface area contributed by atoms with Crippen molar-refractivity contribution in [2.45, 2.75) is 43.9 Å². The molecule has 0 spiro atoms. The molecule has 0 saturated carbocycles. The molecule has 3 N–H and O–H groups in total. The van der Waals surface area contributed by atoms with Gasteiger partial charge in [0.15, 0.2) is 5.16 Å². The molecule has 9 nitrogen and oxygen atoms in total. The van der Waals surface area contributed by atoms with Gasteiger partial charge in [-0.1, -0.05) is 43.8 Å². The number of carboxylic acid groups (broad SMARTS) is 1. The first-order valence-electron chi connectivity index (χ1n) is 10.6. The second-order valence-electron chi connectivity index (χ2n) is 7.97. The summed E-state index contributed by atoms with van der Waals surface area (Å²) in [6, 6.07) is 10.3. The van der Waals surface area contributed by atoms with Crippen LogP contribution in [0.1, 0.15) is 36.9 Å². The van der Waals surface area contributed by atoms with Crippen molar-refractivity contribution in [1.29, 1.82) is 0 Å². The normalized spacial score (nSPS) is 12.3. The number of fused-ring (bicyclic) bond motifs is 1. The Balaban J connectivity index is 1.42. The van der Waals surface area contributed by atoms with Crippen molar-refractivity contribution < 1.29 is 19.1 Å². The molecule has 0 saturated heterocycles. The van der Waals surface area contributed by atoms with Gasteiger partial charge in [-0.25, -0.2) is 4.79 Å². The van der Waals surface area contributed by atoms with Gasteiger partial charge in [0.25, 0.3) is 0 Å². The Kier molecular flexibility index (Phi) is 6.83. The fraction of sp³-hybridized carbons (Fsp3) is 0.304. The number of amides is 1. The van der Waals surface area contributed by atoms with Gasteiger partial charge in [0.1, 0.15) is 17.6 Å². The van der Waals surface area contributed by atoms with Gasteiger partial charge in [0.2, 0.25) is 5.91 Å². The van der Waals surface area contributed by atoms with E-state index in [9.17, 15) is 14.7 Å². The molecule has 0 aliphatic carbocycles. The van der Waals surface area contributed by atoms with Crippen molar-refractivity contribution in [2.75, 3.05) is 5.75 Å². The number of nitrogens with zero attached hydrogens (tertiary/aromatic N) is 3. The number of benzene rings is 1. The molecule has 0 aliphatic heterocycles. The number of rotatable bonds is 10. The van der Waals surface area contributed by atoms with E-state index in [1.165, 1.54) is 11.8 Å². The molecular weight excluding hydrogens is 442 g/mol. The second-order valence-corrected chi connectivity index (χ2v) is 8.91. The second kappa shape index (κ2) is 9.95. The van der Waals surface area contributed by atoms with Crippen LogP contribution in [0.5, 0.6) is 0 Å². The zero-order valence-electron chi connectivity index (χ0n) is 18.3. The Labute approximate surface area is 194 Å². The minimum atomic E-state index is -1.08. The van der Waals surface area contributed by atoms with E-state index in [2.05, 4.69) is 20.5 Å². The zero-order chi connectivity index (χ0) is 23.4. The molecule has 33 heavy (non-hydrogen) atoms. The van der Waals surface area contributed by atoms with E-state index in [-0.39, 0.29) is 24.0 Å². The predicted octanol–water partition coefficient (Wildman–Crippen LogP) is 3.43. The molecule has 0 aliphatic rings. The molecule has 4 rings (SSSR count). The maximum absolute atomic E-state index is 12.6. The molecule has 0 bridgehead atoms. The minimum Gasteiger partial charge on any atom is -0.480 e. The standard InChI is InChI=1S/C23H25N5O4S/c1-14(2)21-26-27-23(28(21)12-16-6-5-9-32-16)33-13-20(29)25-19(22(30)31)10-15-11-24-18-8-4-3-7-17(15)18/h3-9,11,14,19,24H,10,12-13H2,1-2H3,(H,25,29)(H,30,31)/t19-/m0/s1. The van der Waals surface area contributed by atoms with Crippen molar-refractivity contribution in [3.8, 4) is 0 Å². The number of furan rings is 1. The lowest BCUT2D eigenvalue weighted by molar-refractivity contribution is -0.141. The monoisotopic (exact) mass is 467 g/mol. The summed E-state index contributed by atoms with van der Waals surface area (Å²) >= 11 is 1.22. The minimum absolute atomic E-state index is 0.0199. The maximum atomic E-state index is 12.6. The first kappa shape index (κ1) is 22.7. The molecule has 3 heterocycles. The van der Waals surface area contributed by atoms with Gasteiger partial charge in [-0.15, -0.1) is 10.2 Å². The Morgan fingerprint density at radius 2 is 2.03 bits per heavy atom. The van der Waals surface area contributed by atoms with Crippen molar-refractivity contribution in [1.82, 2.24) is 25.1 Å². The van der Waals surface area contributed by atoms with E-state index >= 15 is 0 Å². The first-order valence-corrected chi connectivity index (χ1v) is 11.6. The maximum Gasteiger partial charge on any atom is 0.326 e. The first-order chi connectivity index (χ1) is 15.9. The highest BCUT2D eigenvalue weighted by Gasteiger charge is 2.23. The summed E-state index contributed by atoms with van der Waals surface area (Å²) in [6.45, 7) is 4.49. The van der Waals surface area contributed by atoms with E-state index in [1.807, 2.05) is 54.8 Å². The summed E-state index contributed by atoms with van der Waals surface area (Å²) in [7, 11) is 0. The zero-order valence-corrected chi connectivity index (χ0v) is 19.1. The number of carbonyl (C=O) groups excluding carboxylic acids is 1. The Bertz CT molecular complexity index is 1250. The van der Waals surface area contributed by atoms with E-state index in [0.717, 1.165) is 28.1 Å². The number of aliphatic carboxylic acids is 1. The molecule has 1 atom stereocenters. The average Bonchev–Trinajstić information content (AvgIpc) is 3.53. The molecule has 0 fully saturated rings. The van der Waals surface area contributed by atoms with Gasteiger partial charge in [0, 0.05) is 29.4 Å². The topological polar surface area (TPSA) is 126 Å². The molecular formula is C23H25N5O4S. The van der Waals surface area contributed by atoms with E-state index in [0.29, 0.717) is 11.7 Å². The van der Waals surface area contributed by atoms with E-state index in [1.54, 1.807) is 12.5 Å². The highest BCUT2D eigenvalue weighted by molar-refractivity contribution is 7.99. The van der Waals surface area contributed by atoms with Gasteiger partial charge in [0.05, 0.1) is 18.6 Å². The third-order valence-electron chi connectivity index (χ3n) is 5.22. The van der Waals surface area contributed by atoms with Crippen LogP contribution in [0.15, 0.2) is 58.4 Å². The molecule has 4 aromatic rings. The van der Waals surface area contributed by atoms with Gasteiger partial charge in [-0.3, -0.25) is 9.36 Å². The molecule has 0 unspecified atom stereocenters. The van der Waals surface area contributed by atoms with Crippen molar-refractivity contribution in [3.63, 3.8) is 0 Å². The lowest BCUT2D eigenvalue weighted by Gasteiger charge is -2.14.